The molecule has 3 rings (SSSR count). The van der Waals surface area contributed by atoms with Gasteiger partial charge in [-0.05, 0) is 52.2 Å². The molecule has 1 unspecified atom stereocenters. The Morgan fingerprint density at radius 1 is 1.35 bits per heavy atom. The molecule has 1 aromatic heterocycles. The molecular weight excluding hydrogens is 330 g/mol. The van der Waals surface area contributed by atoms with Gasteiger partial charge in [0.25, 0.3) is 0 Å². The van der Waals surface area contributed by atoms with E-state index in [1.165, 1.54) is 25.9 Å². The molecule has 0 spiro atoms. The summed E-state index contributed by atoms with van der Waals surface area (Å²) in [5.41, 5.74) is 0. The van der Waals surface area contributed by atoms with Crippen LogP contribution >= 0.6 is 0 Å². The zero-order valence-electron chi connectivity index (χ0n) is 16.2. The van der Waals surface area contributed by atoms with Gasteiger partial charge >= 0.3 is 0 Å². The molecule has 2 aliphatic rings. The predicted molar refractivity (Wildman–Crippen MR) is 102 cm³/mol. The number of hydrogen-bond donors (Lipinski definition) is 2. The van der Waals surface area contributed by atoms with Crippen molar-refractivity contribution in [3.8, 4) is 0 Å². The lowest BCUT2D eigenvalue weighted by atomic mass is 10.1. The summed E-state index contributed by atoms with van der Waals surface area (Å²) in [6.45, 7) is 8.82. The summed E-state index contributed by atoms with van der Waals surface area (Å²) in [5.74, 6) is 2.74. The Morgan fingerprint density at radius 3 is 2.96 bits per heavy atom. The SMILES string of the molecule is CCNC(=NCCCN1CCCC1)NC1CCc2nc(COC)nn2C1. The number of methoxy groups -OCH3 is 1. The molecular formula is C18H33N7O. The van der Waals surface area contributed by atoms with Crippen LogP contribution in [0.1, 0.15) is 44.3 Å². The Kier molecular flexibility index (Phi) is 7.25. The van der Waals surface area contributed by atoms with Gasteiger partial charge in [0.2, 0.25) is 0 Å². The van der Waals surface area contributed by atoms with Crippen LogP contribution in [-0.2, 0) is 24.3 Å². The van der Waals surface area contributed by atoms with Gasteiger partial charge in [-0.15, -0.1) is 0 Å². The fourth-order valence-electron chi connectivity index (χ4n) is 3.67. The average molecular weight is 364 g/mol. The van der Waals surface area contributed by atoms with Crippen LogP contribution in [0.5, 0.6) is 0 Å². The lowest BCUT2D eigenvalue weighted by molar-refractivity contribution is 0.177. The smallest absolute Gasteiger partial charge is 0.191 e. The number of fused-ring (bicyclic) bond motifs is 1. The number of aromatic nitrogens is 3. The highest BCUT2D eigenvalue weighted by molar-refractivity contribution is 5.80. The maximum absolute atomic E-state index is 5.13. The highest BCUT2D eigenvalue weighted by Crippen LogP contribution is 2.13. The van der Waals surface area contributed by atoms with Crippen LogP contribution in [0, 0.1) is 0 Å². The first-order chi connectivity index (χ1) is 12.8. The zero-order valence-corrected chi connectivity index (χ0v) is 16.2. The fourth-order valence-corrected chi connectivity index (χ4v) is 3.67. The topological polar surface area (TPSA) is 79.6 Å². The summed E-state index contributed by atoms with van der Waals surface area (Å²) in [7, 11) is 1.67. The van der Waals surface area contributed by atoms with Gasteiger partial charge in [-0.25, -0.2) is 9.67 Å². The van der Waals surface area contributed by atoms with Crippen LogP contribution < -0.4 is 10.6 Å². The molecule has 1 fully saturated rings. The van der Waals surface area contributed by atoms with Gasteiger partial charge in [0.05, 0.1) is 6.54 Å². The Bertz CT molecular complexity index is 580. The van der Waals surface area contributed by atoms with Crippen molar-refractivity contribution in [2.24, 2.45) is 4.99 Å². The summed E-state index contributed by atoms with van der Waals surface area (Å²) >= 11 is 0. The Labute approximate surface area is 156 Å². The zero-order chi connectivity index (χ0) is 18.2. The Morgan fingerprint density at radius 2 is 2.19 bits per heavy atom. The number of ether oxygens (including phenoxy) is 1. The van der Waals surface area contributed by atoms with Crippen molar-refractivity contribution in [3.63, 3.8) is 0 Å². The molecule has 2 aliphatic heterocycles. The van der Waals surface area contributed by atoms with E-state index in [2.05, 4.69) is 32.5 Å². The number of nitrogens with one attached hydrogen (secondary N) is 2. The van der Waals surface area contributed by atoms with Crippen molar-refractivity contribution in [2.45, 2.75) is 58.2 Å². The summed E-state index contributed by atoms with van der Waals surface area (Å²) in [6, 6.07) is 0.330. The first kappa shape index (κ1) is 19.1. The van der Waals surface area contributed by atoms with Gasteiger partial charge in [0, 0.05) is 32.7 Å². The molecule has 146 valence electrons. The van der Waals surface area contributed by atoms with Crippen molar-refractivity contribution < 1.29 is 4.74 Å². The summed E-state index contributed by atoms with van der Waals surface area (Å²) in [4.78, 5) is 11.8. The first-order valence-corrected chi connectivity index (χ1v) is 9.97. The lowest BCUT2D eigenvalue weighted by Gasteiger charge is -2.25. The number of hydrogen-bond acceptors (Lipinski definition) is 5. The first-order valence-electron chi connectivity index (χ1n) is 9.97. The van der Waals surface area contributed by atoms with E-state index < -0.39 is 0 Å². The molecule has 0 aromatic carbocycles. The normalized spacial score (nSPS) is 21.0. The third kappa shape index (κ3) is 5.41. The molecule has 26 heavy (non-hydrogen) atoms. The molecule has 0 bridgehead atoms. The van der Waals surface area contributed by atoms with Gasteiger partial charge in [0.1, 0.15) is 12.4 Å². The van der Waals surface area contributed by atoms with Gasteiger partial charge in [-0.1, -0.05) is 0 Å². The average Bonchev–Trinajstić information content (AvgIpc) is 3.28. The molecule has 1 aromatic rings. The second-order valence-corrected chi connectivity index (χ2v) is 7.10. The molecule has 0 saturated carbocycles. The molecule has 2 N–H and O–H groups in total. The molecule has 3 heterocycles. The largest absolute Gasteiger partial charge is 0.377 e. The highest BCUT2D eigenvalue weighted by atomic mass is 16.5. The van der Waals surface area contributed by atoms with E-state index in [4.69, 9.17) is 9.73 Å². The fraction of sp³-hybridized carbons (Fsp3) is 0.833. The third-order valence-electron chi connectivity index (χ3n) is 4.96. The van der Waals surface area contributed by atoms with E-state index in [-0.39, 0.29) is 0 Å². The molecule has 0 amide bonds. The minimum atomic E-state index is 0.330. The summed E-state index contributed by atoms with van der Waals surface area (Å²) in [5, 5.41) is 11.5. The van der Waals surface area contributed by atoms with E-state index in [1.807, 2.05) is 4.68 Å². The highest BCUT2D eigenvalue weighted by Gasteiger charge is 2.22. The summed E-state index contributed by atoms with van der Waals surface area (Å²) in [6.07, 6.45) is 5.80. The Balaban J connectivity index is 1.48. The van der Waals surface area contributed by atoms with Gasteiger partial charge in [-0.3, -0.25) is 4.99 Å². The maximum Gasteiger partial charge on any atom is 0.191 e. The monoisotopic (exact) mass is 363 g/mol. The van der Waals surface area contributed by atoms with E-state index in [0.29, 0.717) is 12.6 Å². The van der Waals surface area contributed by atoms with E-state index in [1.54, 1.807) is 7.11 Å². The number of likely N-dealkylation sites (tertiary alicyclic amines) is 1. The maximum atomic E-state index is 5.13. The van der Waals surface area contributed by atoms with E-state index in [9.17, 15) is 0 Å². The van der Waals surface area contributed by atoms with Crippen molar-refractivity contribution in [2.75, 3.05) is 39.8 Å². The molecule has 0 radical (unpaired) electrons. The molecule has 8 nitrogen and oxygen atoms in total. The van der Waals surface area contributed by atoms with Crippen molar-refractivity contribution in [1.29, 1.82) is 0 Å². The summed E-state index contributed by atoms with van der Waals surface area (Å²) < 4.78 is 7.14. The third-order valence-corrected chi connectivity index (χ3v) is 4.96. The number of guanidine groups is 1. The minimum absolute atomic E-state index is 0.330. The number of aliphatic imine (C=N–C) groups is 1. The Hall–Kier alpha value is -1.67. The molecule has 1 saturated heterocycles. The van der Waals surface area contributed by atoms with Crippen molar-refractivity contribution in [1.82, 2.24) is 30.3 Å². The number of rotatable bonds is 8. The lowest BCUT2D eigenvalue weighted by Crippen LogP contribution is -2.47. The van der Waals surface area contributed by atoms with Crippen LogP contribution in [0.3, 0.4) is 0 Å². The van der Waals surface area contributed by atoms with E-state index in [0.717, 1.165) is 63.0 Å². The van der Waals surface area contributed by atoms with Crippen LogP contribution in [0.2, 0.25) is 0 Å². The molecule has 0 aliphatic carbocycles. The quantitative estimate of drug-likeness (QED) is 0.404. The standard InChI is InChI=1S/C18H33N7O/c1-3-19-18(20-9-6-12-24-10-4-5-11-24)21-15-7-8-17-22-16(14-26-2)23-25(17)13-15/h15H,3-14H2,1-2H3,(H2,19,20,21). The number of aryl methyl sites for hydroxylation is 1. The minimum Gasteiger partial charge on any atom is -0.377 e. The van der Waals surface area contributed by atoms with Gasteiger partial charge < -0.3 is 20.3 Å². The predicted octanol–water partition coefficient (Wildman–Crippen LogP) is 0.780. The van der Waals surface area contributed by atoms with E-state index >= 15 is 0 Å². The van der Waals surface area contributed by atoms with Gasteiger partial charge in [0.15, 0.2) is 11.8 Å². The van der Waals surface area contributed by atoms with Crippen LogP contribution in [0.4, 0.5) is 0 Å². The van der Waals surface area contributed by atoms with Crippen molar-refractivity contribution in [3.05, 3.63) is 11.6 Å². The molecule has 1 atom stereocenters. The molecule has 8 heteroatoms. The van der Waals surface area contributed by atoms with Crippen LogP contribution in [-0.4, -0.2) is 71.5 Å². The van der Waals surface area contributed by atoms with Crippen LogP contribution in [0.15, 0.2) is 4.99 Å². The number of nitrogens with zero attached hydrogens (tertiary/aromatic N) is 5. The van der Waals surface area contributed by atoms with Crippen LogP contribution in [0.25, 0.3) is 0 Å². The second kappa shape index (κ2) is 9.87. The van der Waals surface area contributed by atoms with Crippen molar-refractivity contribution >= 4 is 5.96 Å². The van der Waals surface area contributed by atoms with Gasteiger partial charge in [-0.2, -0.15) is 5.10 Å². The second-order valence-electron chi connectivity index (χ2n) is 7.10.